The van der Waals surface area contributed by atoms with Crippen molar-refractivity contribution in [2.45, 2.75) is 107 Å². The van der Waals surface area contributed by atoms with E-state index in [2.05, 4.69) is 59.3 Å². The summed E-state index contributed by atoms with van der Waals surface area (Å²) < 4.78 is 26.7. The quantitative estimate of drug-likeness (QED) is 0.260. The summed E-state index contributed by atoms with van der Waals surface area (Å²) >= 11 is 7.58. The number of ether oxygens (including phenoxy) is 1. The second kappa shape index (κ2) is 10.7. The van der Waals surface area contributed by atoms with E-state index < -0.39 is 49.8 Å². The lowest BCUT2D eigenvalue weighted by molar-refractivity contribution is -0.0527. The highest BCUT2D eigenvalue weighted by Crippen LogP contribution is 2.76. The maximum Gasteiger partial charge on any atom is 0.330 e. The van der Waals surface area contributed by atoms with Crippen LogP contribution in [0.1, 0.15) is 60.1 Å². The van der Waals surface area contributed by atoms with Crippen LogP contribution in [-0.4, -0.2) is 58.7 Å². The Hall–Kier alpha value is -0.563. The van der Waals surface area contributed by atoms with Crippen molar-refractivity contribution in [2.24, 2.45) is 5.92 Å². The number of hydrogen-bond donors (Lipinski definition) is 2. The smallest absolute Gasteiger partial charge is 0.330 e. The molecule has 1 aliphatic carbocycles. The van der Waals surface area contributed by atoms with E-state index in [-0.39, 0.29) is 22.5 Å². The predicted molar refractivity (Wildman–Crippen MR) is 157 cm³/mol. The first-order chi connectivity index (χ1) is 17.4. The third kappa shape index (κ3) is 6.04. The molecule has 2 aliphatic heterocycles. The summed E-state index contributed by atoms with van der Waals surface area (Å²) in [5.41, 5.74) is -2.92. The van der Waals surface area contributed by atoms with Crippen LogP contribution < -0.4 is 11.2 Å². The number of nitrogens with zero attached hydrogens (tertiary/aromatic N) is 1. The number of aliphatic hydroxyl groups is 1. The zero-order valence-corrected chi connectivity index (χ0v) is 26.8. The minimum absolute atomic E-state index is 0.0312. The van der Waals surface area contributed by atoms with Crippen LogP contribution in [0.3, 0.4) is 0 Å². The molecule has 0 amide bonds. The van der Waals surface area contributed by atoms with Crippen molar-refractivity contribution in [3.05, 3.63) is 45.3 Å². The number of allylic oxidation sites excluding steroid dienone is 1. The van der Waals surface area contributed by atoms with Gasteiger partial charge in [-0.15, -0.1) is 0 Å². The van der Waals surface area contributed by atoms with Gasteiger partial charge in [0.05, 0.1) is 12.7 Å². The zero-order chi connectivity index (χ0) is 28.3. The Kier molecular flexibility index (Phi) is 8.55. The lowest BCUT2D eigenvalue weighted by Crippen LogP contribution is -2.45. The molecular formula is C25H41N2O7PS2Si. The summed E-state index contributed by atoms with van der Waals surface area (Å²) in [5.74, 6) is 0.387. The van der Waals surface area contributed by atoms with Crippen LogP contribution in [0.4, 0.5) is 0 Å². The molecule has 3 heterocycles. The molecule has 1 aromatic heterocycles. The lowest BCUT2D eigenvalue weighted by Gasteiger charge is -2.37. The molecule has 2 N–H and O–H groups in total. The molecular weight excluding hydrogens is 563 g/mol. The molecule has 0 bridgehead atoms. The van der Waals surface area contributed by atoms with Gasteiger partial charge in [-0.2, -0.15) is 0 Å². The highest BCUT2D eigenvalue weighted by atomic mass is 32.9. The molecule has 1 aromatic rings. The Balaban J connectivity index is 1.59. The molecule has 0 unspecified atom stereocenters. The van der Waals surface area contributed by atoms with Gasteiger partial charge in [-0.05, 0) is 69.0 Å². The van der Waals surface area contributed by atoms with Crippen LogP contribution in [0.25, 0.3) is 0 Å². The fourth-order valence-corrected chi connectivity index (χ4v) is 13.5. The van der Waals surface area contributed by atoms with E-state index in [4.69, 9.17) is 30.0 Å². The molecule has 214 valence electrons. The summed E-state index contributed by atoms with van der Waals surface area (Å²) in [5, 5.41) is 11.4. The van der Waals surface area contributed by atoms with E-state index in [0.717, 1.165) is 24.8 Å². The van der Waals surface area contributed by atoms with Crippen molar-refractivity contribution in [3.8, 4) is 0 Å². The molecule has 13 heteroatoms. The van der Waals surface area contributed by atoms with Gasteiger partial charge >= 0.3 is 5.69 Å². The molecule has 1 saturated carbocycles. The summed E-state index contributed by atoms with van der Waals surface area (Å²) in [7, 11) is -2.16. The van der Waals surface area contributed by atoms with Crippen LogP contribution in [0.15, 0.2) is 34.0 Å². The SMILES string of the molecule is C=C(C)[C@@H]1CC[C@]2(C)S[P@@](=S)(O[C@H]3[C@@H](O)[C@H](n4ccc(=O)[nH]c4=O)O[C@@H]3CO[Si](C)(C)C(C)(C)C)O[C@H]2C1. The number of fused-ring (bicyclic) bond motifs is 1. The molecule has 9 nitrogen and oxygen atoms in total. The summed E-state index contributed by atoms with van der Waals surface area (Å²) in [6.45, 7) is 19.3. The number of hydrogen-bond acceptors (Lipinski definition) is 9. The largest absolute Gasteiger partial charge is 0.414 e. The second-order valence-corrected chi connectivity index (χ2v) is 23.8. The number of aliphatic hydroxyl groups excluding tert-OH is 1. The first kappa shape index (κ1) is 30.4. The Morgan fingerprint density at radius 3 is 2.71 bits per heavy atom. The van der Waals surface area contributed by atoms with Crippen molar-refractivity contribution in [1.29, 1.82) is 0 Å². The fraction of sp³-hybridized carbons (Fsp3) is 0.760. The summed E-state index contributed by atoms with van der Waals surface area (Å²) in [6.07, 6.45) is 0.211. The highest BCUT2D eigenvalue weighted by Gasteiger charge is 2.56. The van der Waals surface area contributed by atoms with Crippen molar-refractivity contribution in [2.75, 3.05) is 6.61 Å². The average molecular weight is 605 g/mol. The van der Waals surface area contributed by atoms with Crippen molar-refractivity contribution < 1.29 is 23.3 Å². The predicted octanol–water partition coefficient (Wildman–Crippen LogP) is 4.69. The highest BCUT2D eigenvalue weighted by molar-refractivity contribution is 8.68. The van der Waals surface area contributed by atoms with Gasteiger partial charge in [0.25, 0.3) is 5.56 Å². The van der Waals surface area contributed by atoms with Gasteiger partial charge in [0.2, 0.25) is 5.69 Å². The van der Waals surface area contributed by atoms with Gasteiger partial charge in [-0.3, -0.25) is 14.3 Å². The Bertz CT molecular complexity index is 1230. The first-order valence-electron chi connectivity index (χ1n) is 13.1. The van der Waals surface area contributed by atoms with Gasteiger partial charge in [-0.1, -0.05) is 44.3 Å². The average Bonchev–Trinajstić information content (AvgIpc) is 3.23. The van der Waals surface area contributed by atoms with Crippen LogP contribution in [0.2, 0.25) is 18.1 Å². The topological polar surface area (TPSA) is 112 Å². The number of rotatable bonds is 7. The fourth-order valence-electron chi connectivity index (χ4n) is 4.93. The van der Waals surface area contributed by atoms with Gasteiger partial charge in [0.1, 0.15) is 18.3 Å². The zero-order valence-electron chi connectivity index (χ0n) is 23.3. The van der Waals surface area contributed by atoms with Crippen molar-refractivity contribution in [1.82, 2.24) is 9.55 Å². The number of nitrogens with one attached hydrogen (secondary N) is 1. The molecule has 0 spiro atoms. The van der Waals surface area contributed by atoms with Gasteiger partial charge in [-0.25, -0.2) is 4.79 Å². The molecule has 3 fully saturated rings. The molecule has 3 aliphatic rings. The Morgan fingerprint density at radius 2 is 2.11 bits per heavy atom. The van der Waals surface area contributed by atoms with Gasteiger partial charge < -0.3 is 23.3 Å². The monoisotopic (exact) mass is 604 g/mol. The maximum atomic E-state index is 12.5. The molecule has 0 radical (unpaired) electrons. The van der Waals surface area contributed by atoms with Crippen molar-refractivity contribution in [3.63, 3.8) is 0 Å². The molecule has 4 rings (SSSR count). The first-order valence-corrected chi connectivity index (χ1v) is 20.0. The van der Waals surface area contributed by atoms with E-state index in [1.54, 1.807) is 11.4 Å². The summed E-state index contributed by atoms with van der Waals surface area (Å²) in [4.78, 5) is 26.4. The molecule has 8 atom stereocenters. The van der Waals surface area contributed by atoms with Crippen LogP contribution in [0.5, 0.6) is 0 Å². The second-order valence-electron chi connectivity index (χ2n) is 12.5. The van der Waals surface area contributed by atoms with Gasteiger partial charge in [0, 0.05) is 17.0 Å². The standard InChI is InChI=1S/C25H41N2O7PS2Si/c1-15(2)16-9-11-25(6)18(13-16)33-35(36,37-25)34-21-17(14-31-38(7,8)24(3,4)5)32-22(20(21)29)27-12-10-19(28)26-23(27)30/h10,12,16-18,20-22,29H,1,9,11,13-14H2,2-8H3,(H,26,28,30)/t16-,17-,18+,20-,21-,22-,25+,35-/m1/s1. The van der Waals surface area contributed by atoms with Crippen LogP contribution in [-0.2, 0) is 30.0 Å². The minimum Gasteiger partial charge on any atom is -0.414 e. The Morgan fingerprint density at radius 1 is 1.42 bits per heavy atom. The third-order valence-corrected chi connectivity index (χ3v) is 18.8. The maximum absolute atomic E-state index is 12.5. The van der Waals surface area contributed by atoms with E-state index in [1.807, 2.05) is 0 Å². The van der Waals surface area contributed by atoms with Crippen molar-refractivity contribution >= 4 is 37.2 Å². The van der Waals surface area contributed by atoms with E-state index in [1.165, 1.54) is 16.8 Å². The lowest BCUT2D eigenvalue weighted by atomic mass is 9.77. The third-order valence-electron chi connectivity index (χ3n) is 8.54. The van der Waals surface area contributed by atoms with Crippen LogP contribution in [0, 0.1) is 5.92 Å². The van der Waals surface area contributed by atoms with Gasteiger partial charge in [0.15, 0.2) is 14.5 Å². The molecule has 2 saturated heterocycles. The molecule has 0 aromatic carbocycles. The van der Waals surface area contributed by atoms with Crippen LogP contribution >= 0.6 is 17.1 Å². The Labute approximate surface area is 234 Å². The normalized spacial score (nSPS) is 37.8. The molecule has 38 heavy (non-hydrogen) atoms. The number of H-pyrrole nitrogens is 1. The minimum atomic E-state index is -2.87. The van der Waals surface area contributed by atoms with E-state index >= 15 is 0 Å². The summed E-state index contributed by atoms with van der Waals surface area (Å²) in [6, 6.07) is 1.22. The van der Waals surface area contributed by atoms with E-state index in [9.17, 15) is 14.7 Å². The van der Waals surface area contributed by atoms with E-state index in [0.29, 0.717) is 5.92 Å². The number of aromatic amines is 1. The number of aromatic nitrogens is 2.